The number of hydrogen-bond acceptors (Lipinski definition) is 3. The summed E-state index contributed by atoms with van der Waals surface area (Å²) in [4.78, 5) is 23.9. The van der Waals surface area contributed by atoms with Crippen LogP contribution in [0.1, 0.15) is 35.1 Å². The summed E-state index contributed by atoms with van der Waals surface area (Å²) in [7, 11) is 0. The number of ether oxygens (including phenoxy) is 1. The lowest BCUT2D eigenvalue weighted by molar-refractivity contribution is -0.137. The summed E-state index contributed by atoms with van der Waals surface area (Å²) in [5.41, 5.74) is 4.91. The standard InChI is InChI=1S/C24H19Cl2NO4/c25-14-9-10-19(21(26)11-14)22(12-23(28)29)27-24(30)31-13-20-17-7-3-1-5-15(17)16-6-2-4-8-18(16)20/h1-11,20,22H,12-13H2,(H,27,30)(H,28,29). The van der Waals surface area contributed by atoms with Gasteiger partial charge in [0, 0.05) is 16.0 Å². The van der Waals surface area contributed by atoms with E-state index in [1.54, 1.807) is 12.1 Å². The van der Waals surface area contributed by atoms with Crippen molar-refractivity contribution in [2.24, 2.45) is 0 Å². The summed E-state index contributed by atoms with van der Waals surface area (Å²) < 4.78 is 5.52. The normalized spacial score (nSPS) is 13.2. The van der Waals surface area contributed by atoms with Crippen LogP contribution in [0.3, 0.4) is 0 Å². The van der Waals surface area contributed by atoms with Crippen LogP contribution in [-0.4, -0.2) is 23.8 Å². The first-order chi connectivity index (χ1) is 14.9. The van der Waals surface area contributed by atoms with Gasteiger partial charge in [-0.3, -0.25) is 4.79 Å². The zero-order valence-electron chi connectivity index (χ0n) is 16.3. The summed E-state index contributed by atoms with van der Waals surface area (Å²) in [5, 5.41) is 12.6. The maximum Gasteiger partial charge on any atom is 0.407 e. The minimum Gasteiger partial charge on any atom is -0.481 e. The van der Waals surface area contributed by atoms with Gasteiger partial charge in [0.1, 0.15) is 6.61 Å². The summed E-state index contributed by atoms with van der Waals surface area (Å²) in [6.45, 7) is 0.133. The number of carboxylic acid groups (broad SMARTS) is 1. The molecule has 31 heavy (non-hydrogen) atoms. The second-order valence-corrected chi connectivity index (χ2v) is 8.13. The van der Waals surface area contributed by atoms with E-state index in [1.807, 2.05) is 36.4 Å². The number of carboxylic acids is 1. The maximum atomic E-state index is 12.6. The molecule has 4 rings (SSSR count). The number of amides is 1. The molecule has 0 aliphatic heterocycles. The van der Waals surface area contributed by atoms with Crippen molar-refractivity contribution in [1.29, 1.82) is 0 Å². The highest BCUT2D eigenvalue weighted by molar-refractivity contribution is 6.35. The molecule has 3 aromatic rings. The third-order valence-corrected chi connectivity index (χ3v) is 5.91. The summed E-state index contributed by atoms with van der Waals surface area (Å²) in [6.07, 6.45) is -1.05. The summed E-state index contributed by atoms with van der Waals surface area (Å²) >= 11 is 12.1. The number of carbonyl (C=O) groups is 2. The second-order valence-electron chi connectivity index (χ2n) is 7.29. The average Bonchev–Trinajstić information content (AvgIpc) is 3.05. The van der Waals surface area contributed by atoms with Crippen LogP contribution in [0.15, 0.2) is 66.7 Å². The maximum absolute atomic E-state index is 12.6. The molecule has 158 valence electrons. The summed E-state index contributed by atoms with van der Waals surface area (Å²) in [5.74, 6) is -1.16. The molecule has 1 amide bonds. The molecular weight excluding hydrogens is 437 g/mol. The fourth-order valence-corrected chi connectivity index (χ4v) is 4.52. The van der Waals surface area contributed by atoms with Gasteiger partial charge in [-0.15, -0.1) is 0 Å². The number of nitrogens with one attached hydrogen (secondary N) is 1. The van der Waals surface area contributed by atoms with Crippen LogP contribution in [0, 0.1) is 0 Å². The Morgan fingerprint density at radius 3 is 2.16 bits per heavy atom. The molecule has 3 aromatic carbocycles. The van der Waals surface area contributed by atoms with Crippen LogP contribution < -0.4 is 5.32 Å². The van der Waals surface area contributed by atoms with E-state index >= 15 is 0 Å². The van der Waals surface area contributed by atoms with Crippen molar-refractivity contribution in [1.82, 2.24) is 5.32 Å². The molecule has 0 fully saturated rings. The van der Waals surface area contributed by atoms with Crippen molar-refractivity contribution in [3.8, 4) is 11.1 Å². The van der Waals surface area contributed by atoms with Crippen LogP contribution in [0.2, 0.25) is 10.0 Å². The Morgan fingerprint density at radius 2 is 1.58 bits per heavy atom. The number of hydrogen-bond donors (Lipinski definition) is 2. The van der Waals surface area contributed by atoms with Gasteiger partial charge in [-0.2, -0.15) is 0 Å². The molecular formula is C24H19Cl2NO4. The van der Waals surface area contributed by atoms with Crippen molar-refractivity contribution in [2.75, 3.05) is 6.61 Å². The van der Waals surface area contributed by atoms with Crippen LogP contribution in [0.5, 0.6) is 0 Å². The molecule has 1 unspecified atom stereocenters. The first-order valence-corrected chi connectivity index (χ1v) is 10.5. The lowest BCUT2D eigenvalue weighted by Crippen LogP contribution is -2.31. The topological polar surface area (TPSA) is 75.6 Å². The van der Waals surface area contributed by atoms with Crippen LogP contribution >= 0.6 is 23.2 Å². The van der Waals surface area contributed by atoms with Crippen molar-refractivity contribution in [3.05, 3.63) is 93.5 Å². The minimum absolute atomic E-state index is 0.0878. The fourth-order valence-electron chi connectivity index (χ4n) is 3.98. The smallest absolute Gasteiger partial charge is 0.407 e. The van der Waals surface area contributed by atoms with Gasteiger partial charge in [0.15, 0.2) is 0 Å². The molecule has 0 saturated carbocycles. The van der Waals surface area contributed by atoms with E-state index in [2.05, 4.69) is 17.4 Å². The number of fused-ring (bicyclic) bond motifs is 3. The Labute approximate surface area is 189 Å². The van der Waals surface area contributed by atoms with E-state index in [-0.39, 0.29) is 24.0 Å². The average molecular weight is 456 g/mol. The Kier molecular flexibility index (Phi) is 6.16. The number of aliphatic carboxylic acids is 1. The summed E-state index contributed by atoms with van der Waals surface area (Å²) in [6, 6.07) is 19.9. The number of alkyl carbamates (subject to hydrolysis) is 1. The lowest BCUT2D eigenvalue weighted by atomic mass is 9.98. The SMILES string of the molecule is O=C(O)CC(NC(=O)OCC1c2ccccc2-c2ccccc21)c1ccc(Cl)cc1Cl. The monoisotopic (exact) mass is 455 g/mol. The molecule has 0 saturated heterocycles. The number of halogens is 2. The molecule has 0 spiro atoms. The predicted molar refractivity (Wildman–Crippen MR) is 120 cm³/mol. The quantitative estimate of drug-likeness (QED) is 0.474. The first kappa shape index (κ1) is 21.2. The van der Waals surface area contributed by atoms with E-state index in [1.165, 1.54) is 6.07 Å². The van der Waals surface area contributed by atoms with Gasteiger partial charge in [-0.05, 0) is 39.9 Å². The molecule has 0 aromatic heterocycles. The van der Waals surface area contributed by atoms with Gasteiger partial charge >= 0.3 is 12.1 Å². The highest BCUT2D eigenvalue weighted by atomic mass is 35.5. The third kappa shape index (κ3) is 4.53. The zero-order chi connectivity index (χ0) is 22.0. The van der Waals surface area contributed by atoms with E-state index < -0.39 is 18.1 Å². The largest absolute Gasteiger partial charge is 0.481 e. The van der Waals surface area contributed by atoms with E-state index in [4.69, 9.17) is 27.9 Å². The third-order valence-electron chi connectivity index (χ3n) is 5.35. The van der Waals surface area contributed by atoms with Gasteiger partial charge in [0.2, 0.25) is 0 Å². The number of rotatable bonds is 6. The Bertz CT molecular complexity index is 1100. The minimum atomic E-state index is -1.07. The Morgan fingerprint density at radius 1 is 0.968 bits per heavy atom. The van der Waals surface area contributed by atoms with Gasteiger partial charge in [-0.25, -0.2) is 4.79 Å². The number of carbonyl (C=O) groups excluding carboxylic acids is 1. The molecule has 1 aliphatic carbocycles. The van der Waals surface area contributed by atoms with E-state index in [9.17, 15) is 14.7 Å². The fraction of sp³-hybridized carbons (Fsp3) is 0.167. The van der Waals surface area contributed by atoms with Crippen molar-refractivity contribution < 1.29 is 19.4 Å². The van der Waals surface area contributed by atoms with Crippen molar-refractivity contribution in [2.45, 2.75) is 18.4 Å². The second kappa shape index (κ2) is 9.00. The van der Waals surface area contributed by atoms with Crippen LogP contribution in [0.25, 0.3) is 11.1 Å². The Hall–Kier alpha value is -3.02. The molecule has 0 radical (unpaired) electrons. The van der Waals surface area contributed by atoms with Crippen LogP contribution in [0.4, 0.5) is 4.79 Å². The molecule has 2 N–H and O–H groups in total. The van der Waals surface area contributed by atoms with E-state index in [0.29, 0.717) is 10.6 Å². The lowest BCUT2D eigenvalue weighted by Gasteiger charge is -2.20. The highest BCUT2D eigenvalue weighted by Gasteiger charge is 2.29. The van der Waals surface area contributed by atoms with Crippen molar-refractivity contribution in [3.63, 3.8) is 0 Å². The van der Waals surface area contributed by atoms with E-state index in [0.717, 1.165) is 22.3 Å². The van der Waals surface area contributed by atoms with Gasteiger partial charge in [0.25, 0.3) is 0 Å². The zero-order valence-corrected chi connectivity index (χ0v) is 17.9. The molecule has 1 aliphatic rings. The highest BCUT2D eigenvalue weighted by Crippen LogP contribution is 2.44. The number of benzene rings is 3. The van der Waals surface area contributed by atoms with Crippen molar-refractivity contribution >= 4 is 35.3 Å². The molecule has 0 bridgehead atoms. The van der Waals surface area contributed by atoms with Gasteiger partial charge < -0.3 is 15.2 Å². The van der Waals surface area contributed by atoms with Crippen LogP contribution in [-0.2, 0) is 9.53 Å². The predicted octanol–water partition coefficient (Wildman–Crippen LogP) is 6.05. The Balaban J connectivity index is 1.50. The van der Waals surface area contributed by atoms with Gasteiger partial charge in [-0.1, -0.05) is 77.8 Å². The first-order valence-electron chi connectivity index (χ1n) is 9.72. The molecule has 1 atom stereocenters. The van der Waals surface area contributed by atoms with Gasteiger partial charge in [0.05, 0.1) is 12.5 Å². The molecule has 0 heterocycles. The molecule has 5 nitrogen and oxygen atoms in total. The molecule has 7 heteroatoms.